The third-order valence-electron chi connectivity index (χ3n) is 2.99. The fourth-order valence-electron chi connectivity index (χ4n) is 1.92. The number of hydrogen-bond donors (Lipinski definition) is 3. The lowest BCUT2D eigenvalue weighted by Gasteiger charge is -2.12. The summed E-state index contributed by atoms with van der Waals surface area (Å²) in [5.74, 6) is -0.186. The van der Waals surface area contributed by atoms with Crippen molar-refractivity contribution >= 4 is 34.5 Å². The van der Waals surface area contributed by atoms with E-state index in [0.717, 1.165) is 4.88 Å². The summed E-state index contributed by atoms with van der Waals surface area (Å²) in [4.78, 5) is 24.9. The first-order valence-corrected chi connectivity index (χ1v) is 7.92. The summed E-state index contributed by atoms with van der Waals surface area (Å²) < 4.78 is 0. The van der Waals surface area contributed by atoms with E-state index in [9.17, 15) is 9.59 Å². The van der Waals surface area contributed by atoms with E-state index in [1.165, 1.54) is 0 Å². The molecule has 0 bridgehead atoms. The number of rotatable bonds is 7. The molecule has 0 radical (unpaired) electrons. The minimum atomic E-state index is -0.0978. The van der Waals surface area contributed by atoms with Gasteiger partial charge in [0.2, 0.25) is 11.8 Å². The van der Waals surface area contributed by atoms with Crippen molar-refractivity contribution < 1.29 is 9.59 Å². The predicted molar refractivity (Wildman–Crippen MR) is 90.3 cm³/mol. The highest BCUT2D eigenvalue weighted by molar-refractivity contribution is 7.10. The van der Waals surface area contributed by atoms with Crippen LogP contribution < -0.4 is 16.0 Å². The second kappa shape index (κ2) is 8.31. The zero-order valence-corrected chi connectivity index (χ0v) is 13.2. The Labute approximate surface area is 133 Å². The molecular formula is C16H19N3O2S. The van der Waals surface area contributed by atoms with Crippen molar-refractivity contribution in [1.29, 1.82) is 0 Å². The first-order valence-electron chi connectivity index (χ1n) is 7.04. The minimum absolute atomic E-state index is 0.0886. The van der Waals surface area contributed by atoms with E-state index < -0.39 is 0 Å². The van der Waals surface area contributed by atoms with Gasteiger partial charge in [0.05, 0.1) is 17.8 Å². The van der Waals surface area contributed by atoms with Crippen molar-refractivity contribution in [2.24, 2.45) is 0 Å². The number of benzene rings is 1. The molecular weight excluding hydrogens is 298 g/mol. The molecule has 2 amide bonds. The molecule has 0 aliphatic carbocycles. The number of amides is 2. The molecule has 3 N–H and O–H groups in total. The Morgan fingerprint density at radius 2 is 1.68 bits per heavy atom. The highest BCUT2D eigenvalue weighted by Gasteiger charge is 2.10. The van der Waals surface area contributed by atoms with Crippen LogP contribution in [0.25, 0.3) is 0 Å². The SMILES string of the molecule is CNCCC(=O)Nc1ccccc1NC(=O)Cc1cccs1. The molecule has 0 atom stereocenters. The molecule has 2 rings (SSSR count). The minimum Gasteiger partial charge on any atom is -0.324 e. The molecule has 22 heavy (non-hydrogen) atoms. The van der Waals surface area contributed by atoms with Crippen LogP contribution in [-0.4, -0.2) is 25.4 Å². The molecule has 1 aromatic carbocycles. The Morgan fingerprint density at radius 1 is 1.00 bits per heavy atom. The maximum Gasteiger partial charge on any atom is 0.229 e. The van der Waals surface area contributed by atoms with Crippen LogP contribution in [0.5, 0.6) is 0 Å². The van der Waals surface area contributed by atoms with Gasteiger partial charge < -0.3 is 16.0 Å². The highest BCUT2D eigenvalue weighted by atomic mass is 32.1. The van der Waals surface area contributed by atoms with Crippen LogP contribution in [0.3, 0.4) is 0 Å². The maximum atomic E-state index is 12.1. The smallest absolute Gasteiger partial charge is 0.229 e. The summed E-state index contributed by atoms with van der Waals surface area (Å²) in [5.41, 5.74) is 1.23. The Kier molecular flexibility index (Phi) is 6.12. The van der Waals surface area contributed by atoms with Gasteiger partial charge in [0.15, 0.2) is 0 Å². The van der Waals surface area contributed by atoms with Gasteiger partial charge in [0.25, 0.3) is 0 Å². The summed E-state index contributed by atoms with van der Waals surface area (Å²) in [6.07, 6.45) is 0.716. The van der Waals surface area contributed by atoms with Gasteiger partial charge in [-0.3, -0.25) is 9.59 Å². The first-order chi connectivity index (χ1) is 10.7. The standard InChI is InChI=1S/C16H19N3O2S/c1-17-9-8-15(20)18-13-6-2-3-7-14(13)19-16(21)11-12-5-4-10-22-12/h2-7,10,17H,8-9,11H2,1H3,(H,18,20)(H,19,21). The molecule has 1 aromatic heterocycles. The Bertz CT molecular complexity index is 626. The van der Waals surface area contributed by atoms with Gasteiger partial charge in [0, 0.05) is 17.8 Å². The Hall–Kier alpha value is -2.18. The van der Waals surface area contributed by atoms with Crippen molar-refractivity contribution in [2.45, 2.75) is 12.8 Å². The van der Waals surface area contributed by atoms with Gasteiger partial charge in [-0.2, -0.15) is 0 Å². The highest BCUT2D eigenvalue weighted by Crippen LogP contribution is 2.21. The predicted octanol–water partition coefficient (Wildman–Crippen LogP) is 2.48. The lowest BCUT2D eigenvalue weighted by Crippen LogP contribution is -2.20. The quantitative estimate of drug-likeness (QED) is 0.735. The number of carbonyl (C=O) groups excluding carboxylic acids is 2. The van der Waals surface area contributed by atoms with Gasteiger partial charge in [0.1, 0.15) is 0 Å². The van der Waals surface area contributed by atoms with Crippen LogP contribution in [0, 0.1) is 0 Å². The molecule has 2 aromatic rings. The lowest BCUT2D eigenvalue weighted by atomic mass is 10.2. The molecule has 1 heterocycles. The zero-order valence-electron chi connectivity index (χ0n) is 12.4. The summed E-state index contributed by atoms with van der Waals surface area (Å²) in [6.45, 7) is 0.610. The van der Waals surface area contributed by atoms with Crippen LogP contribution in [0.2, 0.25) is 0 Å². The second-order valence-corrected chi connectivity index (χ2v) is 5.78. The summed E-state index contributed by atoms with van der Waals surface area (Å²) in [6, 6.07) is 11.0. The molecule has 0 spiro atoms. The van der Waals surface area contributed by atoms with E-state index in [0.29, 0.717) is 30.8 Å². The van der Waals surface area contributed by atoms with Gasteiger partial charge >= 0.3 is 0 Å². The average molecular weight is 317 g/mol. The normalized spacial score (nSPS) is 10.2. The molecule has 0 aliphatic rings. The molecule has 0 aliphatic heterocycles. The van der Waals surface area contributed by atoms with Gasteiger partial charge in [-0.15, -0.1) is 11.3 Å². The maximum absolute atomic E-state index is 12.1. The molecule has 0 saturated carbocycles. The van der Waals surface area contributed by atoms with Gasteiger partial charge in [-0.25, -0.2) is 0 Å². The first kappa shape index (κ1) is 16.2. The van der Waals surface area contributed by atoms with Crippen molar-refractivity contribution in [2.75, 3.05) is 24.2 Å². The fourth-order valence-corrected chi connectivity index (χ4v) is 2.62. The molecule has 6 heteroatoms. The fraction of sp³-hybridized carbons (Fsp3) is 0.250. The molecule has 0 unspecified atom stereocenters. The summed E-state index contributed by atoms with van der Waals surface area (Å²) >= 11 is 1.55. The number of anilines is 2. The number of thiophene rings is 1. The van der Waals surface area contributed by atoms with Crippen LogP contribution in [0.15, 0.2) is 41.8 Å². The monoisotopic (exact) mass is 317 g/mol. The number of nitrogens with one attached hydrogen (secondary N) is 3. The van der Waals surface area contributed by atoms with Crippen LogP contribution in [-0.2, 0) is 16.0 Å². The average Bonchev–Trinajstić information content (AvgIpc) is 3.00. The van der Waals surface area contributed by atoms with E-state index in [1.54, 1.807) is 30.5 Å². The van der Waals surface area contributed by atoms with Crippen LogP contribution in [0.4, 0.5) is 11.4 Å². The van der Waals surface area contributed by atoms with Gasteiger partial charge in [-0.1, -0.05) is 18.2 Å². The van der Waals surface area contributed by atoms with E-state index in [2.05, 4.69) is 16.0 Å². The van der Waals surface area contributed by atoms with Crippen molar-refractivity contribution in [3.05, 3.63) is 46.7 Å². The van der Waals surface area contributed by atoms with E-state index in [1.807, 2.05) is 29.6 Å². The largest absolute Gasteiger partial charge is 0.324 e. The Balaban J connectivity index is 1.98. The van der Waals surface area contributed by atoms with E-state index in [-0.39, 0.29) is 11.8 Å². The molecule has 116 valence electrons. The lowest BCUT2D eigenvalue weighted by molar-refractivity contribution is -0.116. The van der Waals surface area contributed by atoms with Gasteiger partial charge in [-0.05, 0) is 30.6 Å². The number of carbonyl (C=O) groups is 2. The Morgan fingerprint density at radius 3 is 2.27 bits per heavy atom. The van der Waals surface area contributed by atoms with E-state index in [4.69, 9.17) is 0 Å². The van der Waals surface area contributed by atoms with Crippen LogP contribution >= 0.6 is 11.3 Å². The van der Waals surface area contributed by atoms with Crippen LogP contribution in [0.1, 0.15) is 11.3 Å². The third kappa shape index (κ3) is 4.98. The third-order valence-corrected chi connectivity index (χ3v) is 3.87. The molecule has 5 nitrogen and oxygen atoms in total. The van der Waals surface area contributed by atoms with Crippen molar-refractivity contribution in [3.8, 4) is 0 Å². The zero-order chi connectivity index (χ0) is 15.8. The molecule has 0 fully saturated rings. The summed E-state index contributed by atoms with van der Waals surface area (Å²) in [5, 5.41) is 10.5. The van der Waals surface area contributed by atoms with Crippen molar-refractivity contribution in [1.82, 2.24) is 5.32 Å². The molecule has 0 saturated heterocycles. The van der Waals surface area contributed by atoms with E-state index >= 15 is 0 Å². The second-order valence-electron chi connectivity index (χ2n) is 4.75. The number of para-hydroxylation sites is 2. The number of hydrogen-bond acceptors (Lipinski definition) is 4. The summed E-state index contributed by atoms with van der Waals surface area (Å²) in [7, 11) is 1.80. The topological polar surface area (TPSA) is 70.2 Å². The van der Waals surface area contributed by atoms with Crippen molar-refractivity contribution in [3.63, 3.8) is 0 Å².